The largest absolute Gasteiger partial charge is 0.312 e. The van der Waals surface area contributed by atoms with E-state index in [1.807, 2.05) is 11.3 Å². The third kappa shape index (κ3) is 4.36. The molecule has 2 heterocycles. The Labute approximate surface area is 117 Å². The van der Waals surface area contributed by atoms with E-state index in [1.165, 1.54) is 48.4 Å². The fourth-order valence-corrected chi connectivity index (χ4v) is 3.77. The van der Waals surface area contributed by atoms with Crippen LogP contribution in [0.25, 0.3) is 0 Å². The lowest BCUT2D eigenvalue weighted by molar-refractivity contribution is 0.190. The van der Waals surface area contributed by atoms with E-state index in [4.69, 9.17) is 0 Å². The first-order valence-electron chi connectivity index (χ1n) is 6.44. The van der Waals surface area contributed by atoms with E-state index in [0.29, 0.717) is 0 Å². The summed E-state index contributed by atoms with van der Waals surface area (Å²) >= 11 is 5.31. The van der Waals surface area contributed by atoms with Crippen molar-refractivity contribution >= 4 is 27.3 Å². The second kappa shape index (κ2) is 6.88. The zero-order valence-electron chi connectivity index (χ0n) is 10.4. The maximum atomic E-state index is 3.59. The molecule has 0 amide bonds. The summed E-state index contributed by atoms with van der Waals surface area (Å²) in [4.78, 5) is 3.97. The molecule has 1 aromatic heterocycles. The lowest BCUT2D eigenvalue weighted by atomic mass is 9.97. The van der Waals surface area contributed by atoms with Crippen molar-refractivity contribution in [1.82, 2.24) is 10.2 Å². The Bertz CT molecular complexity index is 332. The average molecular weight is 317 g/mol. The topological polar surface area (TPSA) is 15.3 Å². The summed E-state index contributed by atoms with van der Waals surface area (Å²) < 4.78 is 1.20. The quantitative estimate of drug-likeness (QED) is 0.896. The monoisotopic (exact) mass is 316 g/mol. The van der Waals surface area contributed by atoms with Crippen molar-refractivity contribution in [1.29, 1.82) is 0 Å². The fourth-order valence-electron chi connectivity index (χ4n) is 2.35. The number of hydrogen-bond donors (Lipinski definition) is 1. The minimum absolute atomic E-state index is 0.876. The van der Waals surface area contributed by atoms with Gasteiger partial charge in [0.25, 0.3) is 0 Å². The van der Waals surface area contributed by atoms with Crippen LogP contribution in [0.4, 0.5) is 0 Å². The summed E-state index contributed by atoms with van der Waals surface area (Å²) in [7, 11) is 0. The van der Waals surface area contributed by atoms with Crippen molar-refractivity contribution in [2.75, 3.05) is 26.2 Å². The smallest absolute Gasteiger partial charge is 0.0300 e. The highest BCUT2D eigenvalue weighted by Crippen LogP contribution is 2.20. The molecule has 0 aromatic carbocycles. The molecule has 0 atom stereocenters. The highest BCUT2D eigenvalue weighted by atomic mass is 79.9. The summed E-state index contributed by atoms with van der Waals surface area (Å²) in [6, 6.07) is 2.21. The SMILES string of the molecule is CCN1CCC(CNCc2cc(Br)cs2)CC1. The van der Waals surface area contributed by atoms with Gasteiger partial charge in [-0.3, -0.25) is 0 Å². The molecule has 0 unspecified atom stereocenters. The van der Waals surface area contributed by atoms with Gasteiger partial charge in [-0.2, -0.15) is 0 Å². The van der Waals surface area contributed by atoms with Crippen LogP contribution in [0.1, 0.15) is 24.6 Å². The molecule has 1 N–H and O–H groups in total. The van der Waals surface area contributed by atoms with Crippen LogP contribution in [0.5, 0.6) is 0 Å². The molecule has 0 aliphatic carbocycles. The first kappa shape index (κ1) is 13.5. The molecule has 2 rings (SSSR count). The molecule has 1 aromatic rings. The molecule has 2 nitrogen and oxygen atoms in total. The molecule has 1 aliphatic rings. The maximum absolute atomic E-state index is 3.59. The molecule has 0 bridgehead atoms. The standard InChI is InChI=1S/C13H21BrN2S/c1-2-16-5-3-11(4-6-16)8-15-9-13-7-12(14)10-17-13/h7,10-11,15H,2-6,8-9H2,1H3. The van der Waals surface area contributed by atoms with Crippen LogP contribution in [0.15, 0.2) is 15.9 Å². The predicted octanol–water partition coefficient (Wildman–Crippen LogP) is 3.33. The zero-order chi connectivity index (χ0) is 12.1. The van der Waals surface area contributed by atoms with Gasteiger partial charge in [-0.05, 0) is 66.9 Å². The van der Waals surface area contributed by atoms with Crippen molar-refractivity contribution in [3.05, 3.63) is 20.8 Å². The predicted molar refractivity (Wildman–Crippen MR) is 78.6 cm³/mol. The normalized spacial score (nSPS) is 18.7. The Kier molecular flexibility index (Phi) is 5.48. The van der Waals surface area contributed by atoms with E-state index in [2.05, 4.69) is 44.5 Å². The number of hydrogen-bond acceptors (Lipinski definition) is 3. The molecular formula is C13H21BrN2S. The van der Waals surface area contributed by atoms with Crippen LogP contribution in [0.3, 0.4) is 0 Å². The van der Waals surface area contributed by atoms with Gasteiger partial charge in [0, 0.05) is 21.3 Å². The summed E-state index contributed by atoms with van der Waals surface area (Å²) in [5, 5.41) is 5.74. The molecule has 0 saturated carbocycles. The molecule has 1 fully saturated rings. The van der Waals surface area contributed by atoms with Crippen LogP contribution in [-0.2, 0) is 6.54 Å². The summed E-state index contributed by atoms with van der Waals surface area (Å²) in [5.74, 6) is 0.876. The highest BCUT2D eigenvalue weighted by Gasteiger charge is 2.17. The van der Waals surface area contributed by atoms with Crippen LogP contribution in [0, 0.1) is 5.92 Å². The Morgan fingerprint density at radius 3 is 2.82 bits per heavy atom. The third-order valence-corrected chi connectivity index (χ3v) is 5.21. The third-order valence-electron chi connectivity index (χ3n) is 3.51. The Morgan fingerprint density at radius 2 is 2.24 bits per heavy atom. The van der Waals surface area contributed by atoms with Crippen molar-refractivity contribution in [2.24, 2.45) is 5.92 Å². The Hall–Kier alpha value is 0.1000. The molecule has 1 aliphatic heterocycles. The first-order chi connectivity index (χ1) is 8.28. The van der Waals surface area contributed by atoms with E-state index in [0.717, 1.165) is 12.5 Å². The molecular weight excluding hydrogens is 296 g/mol. The van der Waals surface area contributed by atoms with Gasteiger partial charge in [0.2, 0.25) is 0 Å². The minimum Gasteiger partial charge on any atom is -0.312 e. The van der Waals surface area contributed by atoms with E-state index < -0.39 is 0 Å². The van der Waals surface area contributed by atoms with Gasteiger partial charge in [-0.25, -0.2) is 0 Å². The molecule has 17 heavy (non-hydrogen) atoms. The van der Waals surface area contributed by atoms with Gasteiger partial charge >= 0.3 is 0 Å². The lowest BCUT2D eigenvalue weighted by Crippen LogP contribution is -2.36. The van der Waals surface area contributed by atoms with Crippen molar-refractivity contribution in [3.63, 3.8) is 0 Å². The fraction of sp³-hybridized carbons (Fsp3) is 0.692. The van der Waals surface area contributed by atoms with Gasteiger partial charge in [0.05, 0.1) is 0 Å². The van der Waals surface area contributed by atoms with Gasteiger partial charge in [-0.15, -0.1) is 11.3 Å². The van der Waals surface area contributed by atoms with E-state index in [9.17, 15) is 0 Å². The zero-order valence-corrected chi connectivity index (χ0v) is 12.8. The Morgan fingerprint density at radius 1 is 1.47 bits per heavy atom. The second-order valence-electron chi connectivity index (χ2n) is 4.74. The van der Waals surface area contributed by atoms with Crippen molar-refractivity contribution < 1.29 is 0 Å². The van der Waals surface area contributed by atoms with E-state index in [1.54, 1.807) is 0 Å². The lowest BCUT2D eigenvalue weighted by Gasteiger charge is -2.31. The van der Waals surface area contributed by atoms with E-state index in [-0.39, 0.29) is 0 Å². The molecule has 4 heteroatoms. The minimum atomic E-state index is 0.876. The van der Waals surface area contributed by atoms with Crippen LogP contribution in [-0.4, -0.2) is 31.1 Å². The van der Waals surface area contributed by atoms with Gasteiger partial charge in [-0.1, -0.05) is 6.92 Å². The van der Waals surface area contributed by atoms with Crippen LogP contribution in [0.2, 0.25) is 0 Å². The van der Waals surface area contributed by atoms with E-state index >= 15 is 0 Å². The molecule has 96 valence electrons. The number of halogens is 1. The number of nitrogens with zero attached hydrogens (tertiary/aromatic N) is 1. The summed E-state index contributed by atoms with van der Waals surface area (Å²) in [6.07, 6.45) is 2.71. The number of nitrogens with one attached hydrogen (secondary N) is 1. The number of rotatable bonds is 5. The maximum Gasteiger partial charge on any atom is 0.0300 e. The van der Waals surface area contributed by atoms with Crippen LogP contribution < -0.4 is 5.32 Å². The van der Waals surface area contributed by atoms with Crippen molar-refractivity contribution in [3.8, 4) is 0 Å². The second-order valence-corrected chi connectivity index (χ2v) is 6.65. The summed E-state index contributed by atoms with van der Waals surface area (Å²) in [6.45, 7) is 8.23. The summed E-state index contributed by atoms with van der Waals surface area (Å²) in [5.41, 5.74) is 0. The number of thiophene rings is 1. The average Bonchev–Trinajstić information content (AvgIpc) is 2.76. The highest BCUT2D eigenvalue weighted by molar-refractivity contribution is 9.10. The van der Waals surface area contributed by atoms with Gasteiger partial charge in [0.15, 0.2) is 0 Å². The molecule has 0 spiro atoms. The number of likely N-dealkylation sites (tertiary alicyclic amines) is 1. The molecule has 1 saturated heterocycles. The molecule has 0 radical (unpaired) electrons. The Balaban J connectivity index is 1.63. The van der Waals surface area contributed by atoms with Gasteiger partial charge < -0.3 is 10.2 Å². The van der Waals surface area contributed by atoms with Gasteiger partial charge in [0.1, 0.15) is 0 Å². The number of piperidine rings is 1. The van der Waals surface area contributed by atoms with Crippen molar-refractivity contribution in [2.45, 2.75) is 26.3 Å². The first-order valence-corrected chi connectivity index (χ1v) is 8.11. The van der Waals surface area contributed by atoms with Crippen LogP contribution >= 0.6 is 27.3 Å².